The molecule has 1 aliphatic rings. The van der Waals surface area contributed by atoms with Crippen LogP contribution in [0.1, 0.15) is 31.2 Å². The highest BCUT2D eigenvalue weighted by atomic mass is 16.1. The molecule has 1 saturated carbocycles. The van der Waals surface area contributed by atoms with E-state index in [1.807, 2.05) is 0 Å². The summed E-state index contributed by atoms with van der Waals surface area (Å²) in [5.41, 5.74) is 2.57. The van der Waals surface area contributed by atoms with Gasteiger partial charge in [-0.25, -0.2) is 0 Å². The van der Waals surface area contributed by atoms with E-state index < -0.39 is 0 Å². The van der Waals surface area contributed by atoms with Crippen LogP contribution >= 0.6 is 0 Å². The minimum Gasteiger partial charge on any atom is -0.356 e. The lowest BCUT2D eigenvalue weighted by Gasteiger charge is -2.09. The molecule has 20 heavy (non-hydrogen) atoms. The van der Waals surface area contributed by atoms with E-state index in [1.54, 1.807) is 0 Å². The quantitative estimate of drug-likeness (QED) is 0.910. The van der Waals surface area contributed by atoms with Gasteiger partial charge < -0.3 is 9.88 Å². The number of carbonyl (C=O) groups is 1. The van der Waals surface area contributed by atoms with Crippen LogP contribution < -0.4 is 5.32 Å². The summed E-state index contributed by atoms with van der Waals surface area (Å²) >= 11 is 0. The van der Waals surface area contributed by atoms with Gasteiger partial charge in [0.1, 0.15) is 0 Å². The second-order valence-electron chi connectivity index (χ2n) is 5.80. The standard InChI is InChI=1S/C17H22N2O/c1-19-12-14(15-8-4-5-9-16(15)19)10-11-18-17(20)13-6-2-3-7-13/h4-5,8-9,12-13H,2-3,6-7,10-11H2,1H3,(H,18,20). The van der Waals surface area contributed by atoms with Crippen molar-refractivity contribution in [3.8, 4) is 0 Å². The minimum absolute atomic E-state index is 0.253. The normalized spacial score (nSPS) is 15.8. The van der Waals surface area contributed by atoms with E-state index in [1.165, 1.54) is 29.3 Å². The van der Waals surface area contributed by atoms with Crippen molar-refractivity contribution in [3.63, 3.8) is 0 Å². The van der Waals surface area contributed by atoms with Crippen LogP contribution in [0.5, 0.6) is 0 Å². The number of nitrogens with one attached hydrogen (secondary N) is 1. The fourth-order valence-electron chi connectivity index (χ4n) is 3.28. The molecule has 3 rings (SSSR count). The van der Waals surface area contributed by atoms with Gasteiger partial charge in [0.05, 0.1) is 0 Å². The third-order valence-corrected chi connectivity index (χ3v) is 4.40. The molecule has 1 aliphatic carbocycles. The maximum Gasteiger partial charge on any atom is 0.223 e. The molecule has 106 valence electrons. The lowest BCUT2D eigenvalue weighted by molar-refractivity contribution is -0.124. The van der Waals surface area contributed by atoms with Gasteiger partial charge in [0.15, 0.2) is 0 Å². The van der Waals surface area contributed by atoms with Gasteiger partial charge >= 0.3 is 0 Å². The molecule has 0 bridgehead atoms. The summed E-state index contributed by atoms with van der Waals surface area (Å²) in [7, 11) is 2.07. The molecule has 1 aromatic heterocycles. The third-order valence-electron chi connectivity index (χ3n) is 4.40. The Morgan fingerprint density at radius 3 is 2.85 bits per heavy atom. The smallest absolute Gasteiger partial charge is 0.223 e. The SMILES string of the molecule is Cn1cc(CCNC(=O)C2CCCC2)c2ccccc21. The molecule has 0 aliphatic heterocycles. The second kappa shape index (κ2) is 5.70. The summed E-state index contributed by atoms with van der Waals surface area (Å²) in [4.78, 5) is 12.0. The maximum atomic E-state index is 12.0. The van der Waals surface area contributed by atoms with Crippen molar-refractivity contribution in [2.75, 3.05) is 6.54 Å². The molecule has 0 spiro atoms. The first kappa shape index (κ1) is 13.2. The summed E-state index contributed by atoms with van der Waals surface area (Å²) in [6, 6.07) is 8.43. The number of rotatable bonds is 4. The first-order valence-electron chi connectivity index (χ1n) is 7.56. The zero-order valence-corrected chi connectivity index (χ0v) is 12.1. The summed E-state index contributed by atoms with van der Waals surface area (Å²) in [5.74, 6) is 0.519. The number of fused-ring (bicyclic) bond motifs is 1. The van der Waals surface area contributed by atoms with Gasteiger partial charge in [-0.1, -0.05) is 31.0 Å². The summed E-state index contributed by atoms with van der Waals surface area (Å²) in [6.45, 7) is 0.739. The first-order chi connectivity index (χ1) is 9.75. The Bertz CT molecular complexity index is 608. The van der Waals surface area contributed by atoms with E-state index in [0.717, 1.165) is 25.8 Å². The van der Waals surface area contributed by atoms with Gasteiger partial charge in [0.2, 0.25) is 5.91 Å². The van der Waals surface area contributed by atoms with E-state index in [4.69, 9.17) is 0 Å². The number of aryl methyl sites for hydroxylation is 1. The molecule has 0 atom stereocenters. The van der Waals surface area contributed by atoms with Crippen molar-refractivity contribution in [2.45, 2.75) is 32.1 Å². The third kappa shape index (κ3) is 2.58. The predicted molar refractivity (Wildman–Crippen MR) is 81.6 cm³/mol. The first-order valence-corrected chi connectivity index (χ1v) is 7.56. The summed E-state index contributed by atoms with van der Waals surface area (Å²) in [5, 5.41) is 4.40. The van der Waals surface area contributed by atoms with Gasteiger partial charge in [0.25, 0.3) is 0 Å². The van der Waals surface area contributed by atoms with E-state index in [0.29, 0.717) is 0 Å². The Kier molecular flexibility index (Phi) is 3.77. The van der Waals surface area contributed by atoms with E-state index in [-0.39, 0.29) is 11.8 Å². The largest absolute Gasteiger partial charge is 0.356 e. The average molecular weight is 270 g/mol. The number of nitrogens with zero attached hydrogens (tertiary/aromatic N) is 1. The number of para-hydroxylation sites is 1. The highest BCUT2D eigenvalue weighted by molar-refractivity contribution is 5.84. The Labute approximate surface area is 120 Å². The summed E-state index contributed by atoms with van der Waals surface area (Å²) in [6.07, 6.45) is 7.63. The molecular weight excluding hydrogens is 248 g/mol. The molecule has 1 aromatic carbocycles. The van der Waals surface area contributed by atoms with Crippen LogP contribution in [0.3, 0.4) is 0 Å². The topological polar surface area (TPSA) is 34.0 Å². The maximum absolute atomic E-state index is 12.0. The molecule has 0 radical (unpaired) electrons. The molecule has 0 unspecified atom stereocenters. The molecule has 1 heterocycles. The van der Waals surface area contributed by atoms with Crippen LogP contribution in [0.15, 0.2) is 30.5 Å². The molecule has 0 saturated heterocycles. The molecular formula is C17H22N2O. The number of hydrogen-bond acceptors (Lipinski definition) is 1. The van der Waals surface area contributed by atoms with Gasteiger partial charge in [-0.2, -0.15) is 0 Å². The second-order valence-corrected chi connectivity index (χ2v) is 5.80. The zero-order valence-electron chi connectivity index (χ0n) is 12.1. The predicted octanol–water partition coefficient (Wildman–Crippen LogP) is 3.03. The number of carbonyl (C=O) groups excluding carboxylic acids is 1. The lowest BCUT2D eigenvalue weighted by Crippen LogP contribution is -2.30. The Balaban J connectivity index is 1.61. The van der Waals surface area contributed by atoms with Crippen molar-refractivity contribution in [1.29, 1.82) is 0 Å². The van der Waals surface area contributed by atoms with Crippen molar-refractivity contribution in [3.05, 3.63) is 36.0 Å². The van der Waals surface area contributed by atoms with E-state index in [2.05, 4.69) is 47.4 Å². The van der Waals surface area contributed by atoms with Gasteiger partial charge in [-0.15, -0.1) is 0 Å². The van der Waals surface area contributed by atoms with Crippen LogP contribution in [0, 0.1) is 5.92 Å². The molecule has 2 aromatic rings. The Morgan fingerprint density at radius 1 is 1.30 bits per heavy atom. The van der Waals surface area contributed by atoms with E-state index in [9.17, 15) is 4.79 Å². The molecule has 3 nitrogen and oxygen atoms in total. The fourth-order valence-corrected chi connectivity index (χ4v) is 3.28. The molecule has 1 fully saturated rings. The zero-order chi connectivity index (χ0) is 13.9. The average Bonchev–Trinajstić information content (AvgIpc) is 3.09. The Morgan fingerprint density at radius 2 is 2.05 bits per heavy atom. The monoisotopic (exact) mass is 270 g/mol. The highest BCUT2D eigenvalue weighted by Crippen LogP contribution is 2.24. The number of amides is 1. The van der Waals surface area contributed by atoms with Crippen LogP contribution in [0.2, 0.25) is 0 Å². The van der Waals surface area contributed by atoms with Crippen molar-refractivity contribution in [2.24, 2.45) is 13.0 Å². The van der Waals surface area contributed by atoms with Gasteiger partial charge in [-0.05, 0) is 30.9 Å². The number of benzene rings is 1. The highest BCUT2D eigenvalue weighted by Gasteiger charge is 2.22. The van der Waals surface area contributed by atoms with Crippen molar-refractivity contribution < 1.29 is 4.79 Å². The molecule has 3 heteroatoms. The van der Waals surface area contributed by atoms with Crippen LogP contribution in [0.25, 0.3) is 10.9 Å². The van der Waals surface area contributed by atoms with Crippen LogP contribution in [-0.4, -0.2) is 17.0 Å². The van der Waals surface area contributed by atoms with Crippen LogP contribution in [-0.2, 0) is 18.3 Å². The van der Waals surface area contributed by atoms with Crippen molar-refractivity contribution >= 4 is 16.8 Å². The van der Waals surface area contributed by atoms with Crippen molar-refractivity contribution in [1.82, 2.24) is 9.88 Å². The summed E-state index contributed by atoms with van der Waals surface area (Å²) < 4.78 is 2.16. The van der Waals surface area contributed by atoms with Gasteiger partial charge in [-0.3, -0.25) is 4.79 Å². The van der Waals surface area contributed by atoms with E-state index >= 15 is 0 Å². The molecule has 1 amide bonds. The lowest BCUT2D eigenvalue weighted by atomic mass is 10.1. The fraction of sp³-hybridized carbons (Fsp3) is 0.471. The number of hydrogen-bond donors (Lipinski definition) is 1. The van der Waals surface area contributed by atoms with Gasteiger partial charge in [0, 0.05) is 36.6 Å². The Hall–Kier alpha value is -1.77. The number of aromatic nitrogens is 1. The minimum atomic E-state index is 0.253. The molecule has 1 N–H and O–H groups in total. The van der Waals surface area contributed by atoms with Crippen LogP contribution in [0.4, 0.5) is 0 Å².